The predicted molar refractivity (Wildman–Crippen MR) is 124 cm³/mol. The highest BCUT2D eigenvalue weighted by atomic mass is 32.2. The topological polar surface area (TPSA) is 95.6 Å². The average molecular weight is 427 g/mol. The zero-order valence-electron chi connectivity index (χ0n) is 16.4. The predicted octanol–water partition coefficient (Wildman–Crippen LogP) is 5.44. The van der Waals surface area contributed by atoms with Gasteiger partial charge in [0.1, 0.15) is 11.4 Å². The van der Waals surface area contributed by atoms with Crippen LogP contribution in [0.4, 0.5) is 16.2 Å². The number of nitrogens with zero attached hydrogens (tertiary/aromatic N) is 3. The van der Waals surface area contributed by atoms with Crippen molar-refractivity contribution < 1.29 is 4.79 Å². The zero-order valence-corrected chi connectivity index (χ0v) is 17.2. The van der Waals surface area contributed by atoms with Gasteiger partial charge in [0.05, 0.1) is 17.3 Å². The number of H-pyrrole nitrogens is 1. The maximum Gasteiger partial charge on any atom is 0.323 e. The van der Waals surface area contributed by atoms with E-state index in [9.17, 15) is 4.79 Å². The lowest BCUT2D eigenvalue weighted by molar-refractivity contribution is 0.262. The van der Waals surface area contributed by atoms with Gasteiger partial charge in [-0.25, -0.2) is 14.8 Å². The van der Waals surface area contributed by atoms with Gasteiger partial charge < -0.3 is 10.6 Å². The summed E-state index contributed by atoms with van der Waals surface area (Å²) in [6.45, 7) is 0. The van der Waals surface area contributed by atoms with Crippen LogP contribution in [0.3, 0.4) is 0 Å². The quantitative estimate of drug-likeness (QED) is 0.257. The summed E-state index contributed by atoms with van der Waals surface area (Å²) in [7, 11) is 0. The second-order valence-electron chi connectivity index (χ2n) is 6.91. The van der Waals surface area contributed by atoms with Crippen molar-refractivity contribution in [3.05, 3.63) is 84.8 Å². The van der Waals surface area contributed by atoms with Crippen molar-refractivity contribution in [3.63, 3.8) is 0 Å². The monoisotopic (exact) mass is 426 g/mol. The van der Waals surface area contributed by atoms with E-state index in [4.69, 9.17) is 0 Å². The van der Waals surface area contributed by atoms with Gasteiger partial charge in [-0.3, -0.25) is 5.10 Å². The number of fused-ring (bicyclic) bond motifs is 2. The van der Waals surface area contributed by atoms with Gasteiger partial charge in [-0.1, -0.05) is 48.5 Å². The Morgan fingerprint density at radius 3 is 2.77 bits per heavy atom. The first-order valence-corrected chi connectivity index (χ1v) is 10.7. The third-order valence-electron chi connectivity index (χ3n) is 4.81. The molecule has 3 N–H and O–H groups in total. The summed E-state index contributed by atoms with van der Waals surface area (Å²) < 4.78 is 0. The van der Waals surface area contributed by atoms with Crippen molar-refractivity contribution in [2.24, 2.45) is 0 Å². The summed E-state index contributed by atoms with van der Waals surface area (Å²) in [5, 5.41) is 16.6. The van der Waals surface area contributed by atoms with Crippen LogP contribution < -0.4 is 10.6 Å². The molecule has 8 heteroatoms. The first kappa shape index (κ1) is 19.1. The Morgan fingerprint density at radius 2 is 1.81 bits per heavy atom. The maximum atomic E-state index is 12.6. The standard InChI is InChI=1S/C23H18N6OS/c30-23(28-20-10-4-7-16-6-1-2-9-18(16)20)27-17-8-3-5-15(11-17)13-31-22-19-12-26-29-21(19)24-14-25-22/h1-12,14H,13H2,(H2,27,28,30)(H,24,25,26,29). The lowest BCUT2D eigenvalue weighted by atomic mass is 10.1. The molecule has 0 unspecified atom stereocenters. The van der Waals surface area contributed by atoms with Gasteiger partial charge in [-0.05, 0) is 29.1 Å². The highest BCUT2D eigenvalue weighted by Crippen LogP contribution is 2.27. The van der Waals surface area contributed by atoms with Gasteiger partial charge in [0.15, 0.2) is 5.65 Å². The van der Waals surface area contributed by atoms with Gasteiger partial charge in [-0.15, -0.1) is 11.8 Å². The summed E-state index contributed by atoms with van der Waals surface area (Å²) >= 11 is 1.60. The van der Waals surface area contributed by atoms with E-state index in [0.717, 1.165) is 43.8 Å². The number of hydrogen-bond donors (Lipinski definition) is 3. The lowest BCUT2D eigenvalue weighted by Gasteiger charge is -2.11. The average Bonchev–Trinajstić information content (AvgIpc) is 3.28. The Labute approximate surface area is 182 Å². The van der Waals surface area contributed by atoms with E-state index in [1.807, 2.05) is 66.7 Å². The molecule has 5 rings (SSSR count). The van der Waals surface area contributed by atoms with E-state index in [-0.39, 0.29) is 6.03 Å². The Morgan fingerprint density at radius 1 is 0.935 bits per heavy atom. The molecule has 7 nitrogen and oxygen atoms in total. The Hall–Kier alpha value is -3.91. The van der Waals surface area contributed by atoms with Crippen molar-refractivity contribution in [1.82, 2.24) is 20.2 Å². The minimum Gasteiger partial charge on any atom is -0.308 e. The number of urea groups is 1. The van der Waals surface area contributed by atoms with Crippen LogP contribution in [-0.4, -0.2) is 26.2 Å². The summed E-state index contributed by atoms with van der Waals surface area (Å²) in [5.74, 6) is 0.706. The van der Waals surface area contributed by atoms with Crippen molar-refractivity contribution in [3.8, 4) is 0 Å². The van der Waals surface area contributed by atoms with E-state index < -0.39 is 0 Å². The fourth-order valence-corrected chi connectivity index (χ4v) is 4.28. The number of carbonyl (C=O) groups excluding carboxylic acids is 1. The van der Waals surface area contributed by atoms with E-state index in [0.29, 0.717) is 5.75 Å². The molecule has 2 aromatic heterocycles. The van der Waals surface area contributed by atoms with E-state index in [2.05, 4.69) is 30.8 Å². The van der Waals surface area contributed by atoms with Gasteiger partial charge in [-0.2, -0.15) is 5.10 Å². The van der Waals surface area contributed by atoms with Gasteiger partial charge in [0, 0.05) is 16.8 Å². The van der Waals surface area contributed by atoms with Crippen LogP contribution in [0.15, 0.2) is 84.3 Å². The molecule has 3 aromatic carbocycles. The minimum absolute atomic E-state index is 0.280. The third-order valence-corrected chi connectivity index (χ3v) is 5.89. The van der Waals surface area contributed by atoms with Crippen LogP contribution in [0, 0.1) is 0 Å². The molecule has 2 amide bonds. The molecule has 0 spiro atoms. The smallest absolute Gasteiger partial charge is 0.308 e. The molecular weight excluding hydrogens is 408 g/mol. The lowest BCUT2D eigenvalue weighted by Crippen LogP contribution is -2.19. The van der Waals surface area contributed by atoms with Crippen molar-refractivity contribution in [1.29, 1.82) is 0 Å². The number of hydrogen-bond acceptors (Lipinski definition) is 5. The molecule has 0 aliphatic heterocycles. The molecule has 0 radical (unpaired) electrons. The summed E-state index contributed by atoms with van der Waals surface area (Å²) in [4.78, 5) is 21.1. The van der Waals surface area contributed by atoms with Crippen LogP contribution >= 0.6 is 11.8 Å². The largest absolute Gasteiger partial charge is 0.323 e. The zero-order chi connectivity index (χ0) is 21.0. The number of anilines is 2. The van der Waals surface area contributed by atoms with Crippen molar-refractivity contribution in [2.45, 2.75) is 10.8 Å². The van der Waals surface area contributed by atoms with Crippen LogP contribution in [0.2, 0.25) is 0 Å². The number of amides is 2. The molecule has 0 bridgehead atoms. The Kier molecular flexibility index (Phi) is 5.20. The second-order valence-corrected chi connectivity index (χ2v) is 7.87. The molecule has 0 aliphatic rings. The van der Waals surface area contributed by atoms with E-state index in [1.54, 1.807) is 18.0 Å². The SMILES string of the molecule is O=C(Nc1cccc(CSc2ncnc3[nH]ncc23)c1)Nc1cccc2ccccc12. The minimum atomic E-state index is -0.280. The van der Waals surface area contributed by atoms with E-state index in [1.165, 1.54) is 6.33 Å². The first-order chi connectivity index (χ1) is 15.3. The van der Waals surface area contributed by atoms with E-state index >= 15 is 0 Å². The van der Waals surface area contributed by atoms with Gasteiger partial charge in [0.25, 0.3) is 0 Å². The number of carbonyl (C=O) groups is 1. The fourth-order valence-electron chi connectivity index (χ4n) is 3.37. The molecular formula is C23H18N6OS. The van der Waals surface area contributed by atoms with Crippen molar-refractivity contribution in [2.75, 3.05) is 10.6 Å². The van der Waals surface area contributed by atoms with Gasteiger partial charge in [0.2, 0.25) is 0 Å². The molecule has 152 valence electrons. The van der Waals surface area contributed by atoms with Crippen LogP contribution in [0.1, 0.15) is 5.56 Å². The molecule has 0 atom stereocenters. The number of thioether (sulfide) groups is 1. The van der Waals surface area contributed by atoms with Crippen LogP contribution in [0.25, 0.3) is 21.8 Å². The number of aromatic amines is 1. The highest BCUT2D eigenvalue weighted by molar-refractivity contribution is 7.98. The third kappa shape index (κ3) is 4.19. The highest BCUT2D eigenvalue weighted by Gasteiger charge is 2.08. The summed E-state index contributed by atoms with van der Waals surface area (Å²) in [5.41, 5.74) is 3.29. The molecule has 0 saturated heterocycles. The van der Waals surface area contributed by atoms with Crippen LogP contribution in [-0.2, 0) is 5.75 Å². The van der Waals surface area contributed by atoms with Crippen LogP contribution in [0.5, 0.6) is 0 Å². The first-order valence-electron chi connectivity index (χ1n) is 9.68. The number of rotatable bonds is 5. The Balaban J connectivity index is 1.27. The molecule has 0 fully saturated rings. The fraction of sp³-hybridized carbons (Fsp3) is 0.0435. The molecule has 5 aromatic rings. The second kappa shape index (κ2) is 8.45. The molecule has 31 heavy (non-hydrogen) atoms. The van der Waals surface area contributed by atoms with Crippen molar-refractivity contribution >= 4 is 51.0 Å². The number of aromatic nitrogens is 4. The molecule has 0 saturated carbocycles. The summed E-state index contributed by atoms with van der Waals surface area (Å²) in [6, 6.07) is 21.3. The maximum absolute atomic E-state index is 12.6. The normalized spacial score (nSPS) is 11.0. The number of nitrogens with one attached hydrogen (secondary N) is 3. The summed E-state index contributed by atoms with van der Waals surface area (Å²) in [6.07, 6.45) is 3.26. The Bertz CT molecular complexity index is 1380. The molecule has 0 aliphatic carbocycles. The van der Waals surface area contributed by atoms with Gasteiger partial charge >= 0.3 is 6.03 Å². The number of benzene rings is 3. The molecule has 2 heterocycles.